The Morgan fingerprint density at radius 2 is 2.38 bits per heavy atom. The van der Waals surface area contributed by atoms with Crippen molar-refractivity contribution in [3.63, 3.8) is 0 Å². The van der Waals surface area contributed by atoms with Crippen LogP contribution in [0.15, 0.2) is 22.8 Å². The lowest BCUT2D eigenvalue weighted by Gasteiger charge is -2.01. The fraction of sp³-hybridized carbons (Fsp3) is 0.600. The van der Waals surface area contributed by atoms with Crippen LogP contribution >= 0.6 is 11.8 Å². The molecule has 1 N–H and O–H groups in total. The van der Waals surface area contributed by atoms with Gasteiger partial charge in [-0.3, -0.25) is 0 Å². The van der Waals surface area contributed by atoms with Crippen LogP contribution in [0.4, 0.5) is 0 Å². The van der Waals surface area contributed by atoms with Crippen molar-refractivity contribution < 1.29 is 4.42 Å². The molecule has 2 nitrogen and oxygen atoms in total. The maximum atomic E-state index is 5.22. The summed E-state index contributed by atoms with van der Waals surface area (Å²) in [7, 11) is 0. The minimum Gasteiger partial charge on any atom is -0.469 e. The molecule has 3 heteroatoms. The van der Waals surface area contributed by atoms with Gasteiger partial charge in [-0.2, -0.15) is 11.8 Å². The van der Waals surface area contributed by atoms with E-state index in [9.17, 15) is 0 Å². The second-order valence-corrected chi connectivity index (χ2v) is 3.91. The molecule has 0 saturated carbocycles. The van der Waals surface area contributed by atoms with Crippen LogP contribution in [0.2, 0.25) is 0 Å². The van der Waals surface area contributed by atoms with Crippen LogP contribution < -0.4 is 5.32 Å². The lowest BCUT2D eigenvalue weighted by Crippen LogP contribution is -2.18. The van der Waals surface area contributed by atoms with Gasteiger partial charge in [-0.25, -0.2) is 0 Å². The Hall–Kier alpha value is -0.410. The minimum absolute atomic E-state index is 0.992. The summed E-state index contributed by atoms with van der Waals surface area (Å²) >= 11 is 1.90. The van der Waals surface area contributed by atoms with Crippen molar-refractivity contribution in [2.24, 2.45) is 0 Å². The molecule has 0 fully saturated rings. The molecule has 1 rings (SSSR count). The Balaban J connectivity index is 1.90. The van der Waals surface area contributed by atoms with E-state index in [0.29, 0.717) is 0 Å². The molecule has 13 heavy (non-hydrogen) atoms. The first-order chi connectivity index (χ1) is 6.43. The van der Waals surface area contributed by atoms with Crippen molar-refractivity contribution >= 4 is 11.8 Å². The predicted octanol–water partition coefficient (Wildman–Crippen LogP) is 2.16. The van der Waals surface area contributed by atoms with E-state index in [4.69, 9.17) is 4.42 Å². The lowest BCUT2D eigenvalue weighted by molar-refractivity contribution is 0.499. The molecule has 0 atom stereocenters. The van der Waals surface area contributed by atoms with Crippen LogP contribution in [0.25, 0.3) is 0 Å². The number of nitrogens with one attached hydrogen (secondary N) is 1. The molecule has 1 aromatic rings. The molecule has 0 radical (unpaired) electrons. The topological polar surface area (TPSA) is 25.2 Å². The van der Waals surface area contributed by atoms with Gasteiger partial charge in [0, 0.05) is 13.0 Å². The summed E-state index contributed by atoms with van der Waals surface area (Å²) in [4.78, 5) is 0. The molecule has 0 aliphatic carbocycles. The highest BCUT2D eigenvalue weighted by molar-refractivity contribution is 7.98. The molecule has 0 aromatic carbocycles. The van der Waals surface area contributed by atoms with E-state index in [0.717, 1.165) is 25.3 Å². The standard InChI is InChI=1S/C10H17NOS/c1-13-9-3-6-11-7-5-10-4-2-8-12-10/h2,4,8,11H,3,5-7,9H2,1H3. The number of furan rings is 1. The quantitative estimate of drug-likeness (QED) is 0.681. The average molecular weight is 199 g/mol. The second kappa shape index (κ2) is 7.04. The van der Waals surface area contributed by atoms with Crippen LogP contribution in [0.1, 0.15) is 12.2 Å². The van der Waals surface area contributed by atoms with Crippen molar-refractivity contribution in [1.29, 1.82) is 0 Å². The maximum absolute atomic E-state index is 5.22. The van der Waals surface area contributed by atoms with E-state index in [2.05, 4.69) is 11.6 Å². The zero-order valence-corrected chi connectivity index (χ0v) is 8.90. The smallest absolute Gasteiger partial charge is 0.105 e. The van der Waals surface area contributed by atoms with Crippen molar-refractivity contribution in [3.05, 3.63) is 24.2 Å². The van der Waals surface area contributed by atoms with Crippen molar-refractivity contribution in [2.75, 3.05) is 25.1 Å². The maximum Gasteiger partial charge on any atom is 0.105 e. The highest BCUT2D eigenvalue weighted by Gasteiger charge is 1.93. The first kappa shape index (κ1) is 10.7. The fourth-order valence-electron chi connectivity index (χ4n) is 1.13. The molecule has 1 aromatic heterocycles. The zero-order chi connectivity index (χ0) is 9.36. The van der Waals surface area contributed by atoms with E-state index < -0.39 is 0 Å². The predicted molar refractivity (Wildman–Crippen MR) is 58.3 cm³/mol. The first-order valence-electron chi connectivity index (χ1n) is 4.65. The number of hydrogen-bond acceptors (Lipinski definition) is 3. The van der Waals surface area contributed by atoms with E-state index >= 15 is 0 Å². The van der Waals surface area contributed by atoms with Gasteiger partial charge in [0.15, 0.2) is 0 Å². The molecule has 0 saturated heterocycles. The molecule has 0 aliphatic heterocycles. The van der Waals surface area contributed by atoms with Crippen LogP contribution in [-0.4, -0.2) is 25.1 Å². The lowest BCUT2D eigenvalue weighted by atomic mass is 10.3. The Morgan fingerprint density at radius 3 is 3.08 bits per heavy atom. The SMILES string of the molecule is CSCCCNCCc1ccco1. The normalized spacial score (nSPS) is 10.5. The van der Waals surface area contributed by atoms with Gasteiger partial charge >= 0.3 is 0 Å². The summed E-state index contributed by atoms with van der Waals surface area (Å²) in [6, 6.07) is 3.95. The van der Waals surface area contributed by atoms with Crippen LogP contribution in [0.3, 0.4) is 0 Å². The fourth-order valence-corrected chi connectivity index (χ4v) is 1.57. The van der Waals surface area contributed by atoms with E-state index in [-0.39, 0.29) is 0 Å². The molecule has 0 bridgehead atoms. The van der Waals surface area contributed by atoms with Gasteiger partial charge in [-0.05, 0) is 37.1 Å². The molecule has 0 unspecified atom stereocenters. The van der Waals surface area contributed by atoms with Crippen molar-refractivity contribution in [2.45, 2.75) is 12.8 Å². The monoisotopic (exact) mass is 199 g/mol. The van der Waals surface area contributed by atoms with Crippen molar-refractivity contribution in [3.8, 4) is 0 Å². The summed E-state index contributed by atoms with van der Waals surface area (Å²) < 4.78 is 5.22. The zero-order valence-electron chi connectivity index (χ0n) is 8.08. The Labute approximate surface area is 84.1 Å². The molecular formula is C10H17NOS. The van der Waals surface area contributed by atoms with E-state index in [1.165, 1.54) is 12.2 Å². The molecular weight excluding hydrogens is 182 g/mol. The van der Waals surface area contributed by atoms with Crippen LogP contribution in [-0.2, 0) is 6.42 Å². The first-order valence-corrected chi connectivity index (χ1v) is 6.05. The number of hydrogen-bond donors (Lipinski definition) is 1. The van der Waals surface area contributed by atoms with E-state index in [1.54, 1.807) is 6.26 Å². The number of thioether (sulfide) groups is 1. The molecule has 0 amide bonds. The molecule has 74 valence electrons. The van der Waals surface area contributed by atoms with Crippen molar-refractivity contribution in [1.82, 2.24) is 5.32 Å². The molecule has 1 heterocycles. The van der Waals surface area contributed by atoms with Gasteiger partial charge in [0.05, 0.1) is 6.26 Å². The minimum atomic E-state index is 0.992. The summed E-state index contributed by atoms with van der Waals surface area (Å²) in [5.41, 5.74) is 0. The van der Waals surface area contributed by atoms with Gasteiger partial charge in [0.2, 0.25) is 0 Å². The van der Waals surface area contributed by atoms with Gasteiger partial charge < -0.3 is 9.73 Å². The van der Waals surface area contributed by atoms with Crippen LogP contribution in [0.5, 0.6) is 0 Å². The highest BCUT2D eigenvalue weighted by atomic mass is 32.2. The summed E-state index contributed by atoms with van der Waals surface area (Å²) in [5, 5.41) is 3.39. The Morgan fingerprint density at radius 1 is 1.46 bits per heavy atom. The largest absolute Gasteiger partial charge is 0.469 e. The molecule has 0 spiro atoms. The van der Waals surface area contributed by atoms with Crippen LogP contribution in [0, 0.1) is 0 Å². The number of rotatable bonds is 7. The van der Waals surface area contributed by atoms with E-state index in [1.807, 2.05) is 23.9 Å². The third-order valence-electron chi connectivity index (χ3n) is 1.83. The average Bonchev–Trinajstić information content (AvgIpc) is 2.63. The summed E-state index contributed by atoms with van der Waals surface area (Å²) in [6.07, 6.45) is 6.11. The third-order valence-corrected chi connectivity index (χ3v) is 2.53. The highest BCUT2D eigenvalue weighted by Crippen LogP contribution is 1.99. The Kier molecular flexibility index (Phi) is 5.78. The Bertz CT molecular complexity index is 199. The summed E-state index contributed by atoms with van der Waals surface area (Å²) in [5.74, 6) is 2.31. The van der Waals surface area contributed by atoms with Gasteiger partial charge in [-0.15, -0.1) is 0 Å². The van der Waals surface area contributed by atoms with Gasteiger partial charge in [0.25, 0.3) is 0 Å². The van der Waals surface area contributed by atoms with Gasteiger partial charge in [-0.1, -0.05) is 0 Å². The second-order valence-electron chi connectivity index (χ2n) is 2.93. The third kappa shape index (κ3) is 5.01. The van der Waals surface area contributed by atoms with Gasteiger partial charge in [0.1, 0.15) is 5.76 Å². The molecule has 0 aliphatic rings. The summed E-state index contributed by atoms with van der Waals surface area (Å²) in [6.45, 7) is 2.13.